The standard InChI is InChI=1S/C22H27ClN2O2S/c1-14(2)15-6-8-16(9-7-15)19(25-21(26)12-23)13-24-22(27)18-4-3-5-20-17(18)10-11-28-20/h6-11,14,18-19H,3-5,12-13H2,1-2H3,(H,24,27)(H,25,26). The average Bonchev–Trinajstić information content (AvgIpc) is 3.19. The molecule has 6 heteroatoms. The van der Waals surface area contributed by atoms with Crippen LogP contribution in [0.15, 0.2) is 35.7 Å². The number of hydrogen-bond acceptors (Lipinski definition) is 3. The highest BCUT2D eigenvalue weighted by Crippen LogP contribution is 2.35. The molecule has 150 valence electrons. The van der Waals surface area contributed by atoms with Crippen molar-refractivity contribution in [3.63, 3.8) is 0 Å². The molecule has 2 atom stereocenters. The van der Waals surface area contributed by atoms with E-state index in [1.54, 1.807) is 11.3 Å². The molecule has 2 amide bonds. The van der Waals surface area contributed by atoms with E-state index in [-0.39, 0.29) is 29.7 Å². The number of fused-ring (bicyclic) bond motifs is 1. The summed E-state index contributed by atoms with van der Waals surface area (Å²) in [7, 11) is 0. The number of thiophene rings is 1. The van der Waals surface area contributed by atoms with Gasteiger partial charge in [0.25, 0.3) is 0 Å². The molecular weight excluding hydrogens is 392 g/mol. The van der Waals surface area contributed by atoms with Crippen molar-refractivity contribution in [3.8, 4) is 0 Å². The highest BCUT2D eigenvalue weighted by Gasteiger charge is 2.28. The molecule has 1 heterocycles. The molecule has 0 aliphatic heterocycles. The first-order valence-electron chi connectivity index (χ1n) is 9.78. The van der Waals surface area contributed by atoms with E-state index in [1.807, 2.05) is 12.1 Å². The zero-order valence-electron chi connectivity index (χ0n) is 16.3. The first-order chi connectivity index (χ1) is 13.5. The third-order valence-corrected chi connectivity index (χ3v) is 6.55. The number of aryl methyl sites for hydroxylation is 1. The molecule has 1 aromatic carbocycles. The fourth-order valence-electron chi connectivity index (χ4n) is 3.68. The smallest absolute Gasteiger partial charge is 0.235 e. The third-order valence-electron chi connectivity index (χ3n) is 5.31. The third kappa shape index (κ3) is 4.95. The number of halogens is 1. The summed E-state index contributed by atoms with van der Waals surface area (Å²) in [5, 5.41) is 8.04. The Hall–Kier alpha value is -1.85. The van der Waals surface area contributed by atoms with Gasteiger partial charge >= 0.3 is 0 Å². The van der Waals surface area contributed by atoms with Crippen molar-refractivity contribution in [3.05, 3.63) is 57.3 Å². The highest BCUT2D eigenvalue weighted by molar-refractivity contribution is 7.10. The summed E-state index contributed by atoms with van der Waals surface area (Å²) in [5.74, 6) is 0.0310. The van der Waals surface area contributed by atoms with Gasteiger partial charge in [-0.05, 0) is 53.3 Å². The van der Waals surface area contributed by atoms with Gasteiger partial charge in [-0.1, -0.05) is 38.1 Å². The monoisotopic (exact) mass is 418 g/mol. The van der Waals surface area contributed by atoms with Gasteiger partial charge in [0, 0.05) is 11.4 Å². The average molecular weight is 419 g/mol. The second kappa shape index (κ2) is 9.57. The van der Waals surface area contributed by atoms with Crippen LogP contribution in [-0.4, -0.2) is 24.2 Å². The van der Waals surface area contributed by atoms with E-state index >= 15 is 0 Å². The van der Waals surface area contributed by atoms with E-state index in [9.17, 15) is 9.59 Å². The van der Waals surface area contributed by atoms with Gasteiger partial charge in [-0.3, -0.25) is 9.59 Å². The number of carbonyl (C=O) groups is 2. The van der Waals surface area contributed by atoms with Gasteiger partial charge in [-0.15, -0.1) is 22.9 Å². The maximum atomic E-state index is 12.8. The van der Waals surface area contributed by atoms with E-state index in [1.165, 1.54) is 10.4 Å². The Morgan fingerprint density at radius 2 is 1.89 bits per heavy atom. The number of rotatable bonds is 7. The van der Waals surface area contributed by atoms with E-state index < -0.39 is 0 Å². The fraction of sp³-hybridized carbons (Fsp3) is 0.455. The first kappa shape index (κ1) is 20.9. The Labute approximate surface area is 175 Å². The lowest BCUT2D eigenvalue weighted by Gasteiger charge is -2.24. The molecule has 1 aliphatic rings. The lowest BCUT2D eigenvalue weighted by atomic mass is 9.87. The van der Waals surface area contributed by atoms with Crippen LogP contribution in [0.25, 0.3) is 0 Å². The van der Waals surface area contributed by atoms with Crippen LogP contribution in [-0.2, 0) is 16.0 Å². The van der Waals surface area contributed by atoms with E-state index in [4.69, 9.17) is 11.6 Å². The molecule has 0 saturated carbocycles. The van der Waals surface area contributed by atoms with Crippen LogP contribution in [0, 0.1) is 0 Å². The van der Waals surface area contributed by atoms with Gasteiger partial charge in [0.05, 0.1) is 12.0 Å². The minimum absolute atomic E-state index is 0.0308. The van der Waals surface area contributed by atoms with Gasteiger partial charge in [0.2, 0.25) is 11.8 Å². The quantitative estimate of drug-likeness (QED) is 0.650. The summed E-state index contributed by atoms with van der Waals surface area (Å²) >= 11 is 7.41. The molecule has 0 saturated heterocycles. The Morgan fingerprint density at radius 1 is 1.18 bits per heavy atom. The summed E-state index contributed by atoms with van der Waals surface area (Å²) in [6.45, 7) is 4.63. The normalized spacial score (nSPS) is 17.1. The minimum Gasteiger partial charge on any atom is -0.353 e. The molecule has 3 rings (SSSR count). The Bertz CT molecular complexity index is 816. The number of alkyl halides is 1. The van der Waals surface area contributed by atoms with Crippen molar-refractivity contribution in [2.45, 2.75) is 51.0 Å². The molecule has 28 heavy (non-hydrogen) atoms. The minimum atomic E-state index is -0.304. The van der Waals surface area contributed by atoms with Crippen molar-refractivity contribution in [2.75, 3.05) is 12.4 Å². The molecule has 1 aromatic heterocycles. The van der Waals surface area contributed by atoms with E-state index in [0.29, 0.717) is 12.5 Å². The molecule has 0 spiro atoms. The fourth-order valence-corrected chi connectivity index (χ4v) is 4.75. The summed E-state index contributed by atoms with van der Waals surface area (Å²) in [6, 6.07) is 9.93. The van der Waals surface area contributed by atoms with Crippen LogP contribution in [0.4, 0.5) is 0 Å². The molecular formula is C22H27ClN2O2S. The highest BCUT2D eigenvalue weighted by atomic mass is 35.5. The lowest BCUT2D eigenvalue weighted by molar-refractivity contribution is -0.124. The zero-order valence-corrected chi connectivity index (χ0v) is 17.9. The van der Waals surface area contributed by atoms with E-state index in [2.05, 4.69) is 48.1 Å². The van der Waals surface area contributed by atoms with Crippen LogP contribution in [0.2, 0.25) is 0 Å². The predicted molar refractivity (Wildman–Crippen MR) is 115 cm³/mol. The Balaban J connectivity index is 1.70. The summed E-state index contributed by atoms with van der Waals surface area (Å²) in [4.78, 5) is 26.1. The maximum absolute atomic E-state index is 12.8. The molecule has 2 aromatic rings. The molecule has 2 unspecified atom stereocenters. The van der Waals surface area contributed by atoms with Crippen molar-refractivity contribution < 1.29 is 9.59 Å². The van der Waals surface area contributed by atoms with Crippen LogP contribution in [0.3, 0.4) is 0 Å². The van der Waals surface area contributed by atoms with Gasteiger partial charge < -0.3 is 10.6 Å². The molecule has 0 radical (unpaired) electrons. The Morgan fingerprint density at radius 3 is 2.57 bits per heavy atom. The van der Waals surface area contributed by atoms with Crippen molar-refractivity contribution in [1.82, 2.24) is 10.6 Å². The van der Waals surface area contributed by atoms with Gasteiger partial charge in [0.15, 0.2) is 0 Å². The Kier molecular flexibility index (Phi) is 7.13. The van der Waals surface area contributed by atoms with Crippen LogP contribution in [0.1, 0.15) is 66.1 Å². The second-order valence-corrected chi connectivity index (χ2v) is 8.83. The topological polar surface area (TPSA) is 58.2 Å². The molecule has 2 N–H and O–H groups in total. The number of hydrogen-bond donors (Lipinski definition) is 2. The van der Waals surface area contributed by atoms with Crippen LogP contribution < -0.4 is 10.6 Å². The molecule has 0 bridgehead atoms. The van der Waals surface area contributed by atoms with Gasteiger partial charge in [-0.25, -0.2) is 0 Å². The SMILES string of the molecule is CC(C)c1ccc(C(CNC(=O)C2CCCc3sccc32)NC(=O)CCl)cc1. The second-order valence-electron chi connectivity index (χ2n) is 7.56. The summed E-state index contributed by atoms with van der Waals surface area (Å²) in [5.41, 5.74) is 3.36. The van der Waals surface area contributed by atoms with Crippen molar-refractivity contribution >= 4 is 34.8 Å². The van der Waals surface area contributed by atoms with E-state index in [0.717, 1.165) is 30.4 Å². The zero-order chi connectivity index (χ0) is 20.1. The van der Waals surface area contributed by atoms with Crippen molar-refractivity contribution in [1.29, 1.82) is 0 Å². The number of amides is 2. The largest absolute Gasteiger partial charge is 0.353 e. The lowest BCUT2D eigenvalue weighted by Crippen LogP contribution is -2.40. The number of carbonyl (C=O) groups excluding carboxylic acids is 2. The van der Waals surface area contributed by atoms with Gasteiger partial charge in [0.1, 0.15) is 5.88 Å². The predicted octanol–water partition coefficient (Wildman–Crippen LogP) is 4.50. The molecule has 1 aliphatic carbocycles. The van der Waals surface area contributed by atoms with Gasteiger partial charge in [-0.2, -0.15) is 0 Å². The summed E-state index contributed by atoms with van der Waals surface area (Å²) in [6.07, 6.45) is 2.97. The van der Waals surface area contributed by atoms with Crippen molar-refractivity contribution in [2.24, 2.45) is 0 Å². The van der Waals surface area contributed by atoms with Crippen LogP contribution in [0.5, 0.6) is 0 Å². The first-order valence-corrected chi connectivity index (χ1v) is 11.2. The number of benzene rings is 1. The molecule has 0 fully saturated rings. The molecule has 4 nitrogen and oxygen atoms in total. The number of nitrogens with one attached hydrogen (secondary N) is 2. The summed E-state index contributed by atoms with van der Waals surface area (Å²) < 4.78 is 0. The maximum Gasteiger partial charge on any atom is 0.235 e. The van der Waals surface area contributed by atoms with Crippen LogP contribution >= 0.6 is 22.9 Å².